The highest BCUT2D eigenvalue weighted by Gasteiger charge is 2.22. The summed E-state index contributed by atoms with van der Waals surface area (Å²) in [6.45, 7) is 2.01. The summed E-state index contributed by atoms with van der Waals surface area (Å²) in [5, 5.41) is 13.8. The van der Waals surface area contributed by atoms with Crippen LogP contribution in [0.25, 0.3) is 5.69 Å². The molecule has 1 amide bonds. The van der Waals surface area contributed by atoms with Gasteiger partial charge in [0, 0.05) is 12.6 Å². The number of methoxy groups -OCH3 is 2. The van der Waals surface area contributed by atoms with Crippen molar-refractivity contribution < 1.29 is 28.2 Å². The summed E-state index contributed by atoms with van der Waals surface area (Å²) in [6.07, 6.45) is 0.267. The number of hydrogen-bond donors (Lipinski definition) is 2. The number of hydrogen-bond acceptors (Lipinski definition) is 5. The van der Waals surface area contributed by atoms with Crippen molar-refractivity contribution in [3.63, 3.8) is 0 Å². The molecule has 0 aliphatic heterocycles. The predicted octanol–water partition coefficient (Wildman–Crippen LogP) is 5.74. The summed E-state index contributed by atoms with van der Waals surface area (Å²) >= 11 is 5.67. The van der Waals surface area contributed by atoms with Gasteiger partial charge in [0.15, 0.2) is 10.6 Å². The summed E-state index contributed by atoms with van der Waals surface area (Å²) in [6, 6.07) is 15.8. The highest BCUT2D eigenvalue weighted by Crippen LogP contribution is 2.29. The van der Waals surface area contributed by atoms with Gasteiger partial charge in [-0.05, 0) is 79.2 Å². The number of carbonyl (C=O) groups is 1. The van der Waals surface area contributed by atoms with E-state index in [9.17, 15) is 18.7 Å². The van der Waals surface area contributed by atoms with E-state index < -0.39 is 17.5 Å². The summed E-state index contributed by atoms with van der Waals surface area (Å²) in [7, 11) is 3.02. The molecule has 0 aliphatic carbocycles. The Kier molecular flexibility index (Phi) is 8.11. The van der Waals surface area contributed by atoms with Gasteiger partial charge >= 0.3 is 0 Å². The highest BCUT2D eigenvalue weighted by molar-refractivity contribution is 7.71. The molecule has 0 unspecified atom stereocenters. The largest absolute Gasteiger partial charge is 0.497 e. The van der Waals surface area contributed by atoms with Crippen LogP contribution in [0.2, 0.25) is 0 Å². The lowest BCUT2D eigenvalue weighted by Crippen LogP contribution is -2.19. The van der Waals surface area contributed by atoms with Crippen molar-refractivity contribution in [1.82, 2.24) is 9.13 Å². The van der Waals surface area contributed by atoms with Crippen molar-refractivity contribution in [2.75, 3.05) is 19.5 Å². The Labute approximate surface area is 223 Å². The van der Waals surface area contributed by atoms with Crippen molar-refractivity contribution >= 4 is 23.8 Å². The third kappa shape index (κ3) is 5.70. The summed E-state index contributed by atoms with van der Waals surface area (Å²) in [5.41, 5.74) is 2.19. The molecule has 0 atom stereocenters. The number of nitrogens with one attached hydrogen (secondary N) is 1. The van der Waals surface area contributed by atoms with E-state index in [4.69, 9.17) is 21.7 Å². The quantitative estimate of drug-likeness (QED) is 0.265. The number of benzene rings is 3. The third-order valence-electron chi connectivity index (χ3n) is 6.17. The van der Waals surface area contributed by atoms with Gasteiger partial charge in [-0.3, -0.25) is 9.36 Å². The van der Waals surface area contributed by atoms with Crippen LogP contribution in [0.5, 0.6) is 17.4 Å². The number of anilines is 1. The van der Waals surface area contributed by atoms with Crippen molar-refractivity contribution in [2.45, 2.75) is 26.3 Å². The smallest absolute Gasteiger partial charge is 0.230 e. The second kappa shape index (κ2) is 11.5. The molecule has 1 aromatic heterocycles. The fourth-order valence-electron chi connectivity index (χ4n) is 4.16. The Hall–Kier alpha value is -4.18. The number of aromatic hydroxyl groups is 1. The van der Waals surface area contributed by atoms with Gasteiger partial charge in [0.05, 0.1) is 37.7 Å². The van der Waals surface area contributed by atoms with Gasteiger partial charge in [0.2, 0.25) is 11.8 Å². The number of imidazole rings is 1. The minimum atomic E-state index is -0.639. The SMILES string of the molecule is COc1ccc(CCn2c(CC(=O)Nc3c(C)cc(OC)cc3F)c(O)n(-c3ccc(F)cc3)c2=S)cc1. The maximum atomic E-state index is 14.6. The molecule has 4 aromatic rings. The van der Waals surface area contributed by atoms with E-state index in [1.807, 2.05) is 24.3 Å². The Morgan fingerprint density at radius 3 is 2.26 bits per heavy atom. The molecule has 38 heavy (non-hydrogen) atoms. The predicted molar refractivity (Wildman–Crippen MR) is 143 cm³/mol. The number of carbonyl (C=O) groups excluding carboxylic acids is 1. The Bertz CT molecular complexity index is 1490. The van der Waals surface area contributed by atoms with Gasteiger partial charge in [-0.1, -0.05) is 12.1 Å². The van der Waals surface area contributed by atoms with E-state index in [-0.39, 0.29) is 28.5 Å². The number of rotatable bonds is 9. The first-order chi connectivity index (χ1) is 18.2. The van der Waals surface area contributed by atoms with E-state index in [2.05, 4.69) is 5.32 Å². The van der Waals surface area contributed by atoms with Crippen LogP contribution < -0.4 is 14.8 Å². The van der Waals surface area contributed by atoms with Gasteiger partial charge in [0.25, 0.3) is 0 Å². The molecule has 0 saturated heterocycles. The Balaban J connectivity index is 1.67. The normalized spacial score (nSPS) is 10.9. The topological polar surface area (TPSA) is 77.7 Å². The Morgan fingerprint density at radius 1 is 1.00 bits per heavy atom. The molecular formula is C28H27F2N3O4S. The standard InChI is InChI=1S/C28H27F2N3O4S/c1-17-14-22(37-3)15-23(30)26(17)31-25(34)16-24-27(35)33(20-8-6-19(29)7-9-20)28(38)32(24)13-12-18-4-10-21(36-2)11-5-18/h4-11,14-15,35H,12-13,16H2,1-3H3,(H,31,34). The van der Waals surface area contributed by atoms with E-state index in [1.54, 1.807) is 24.7 Å². The van der Waals surface area contributed by atoms with E-state index in [1.165, 1.54) is 42.0 Å². The van der Waals surface area contributed by atoms with Crippen LogP contribution in [0.15, 0.2) is 60.7 Å². The third-order valence-corrected chi connectivity index (χ3v) is 6.58. The first kappa shape index (κ1) is 26.9. The molecule has 4 rings (SSSR count). The lowest BCUT2D eigenvalue weighted by atomic mass is 10.1. The van der Waals surface area contributed by atoms with Crippen LogP contribution in [0, 0.1) is 23.3 Å². The minimum Gasteiger partial charge on any atom is -0.497 e. The fraction of sp³-hybridized carbons (Fsp3) is 0.214. The molecule has 0 fully saturated rings. The zero-order valence-electron chi connectivity index (χ0n) is 21.1. The first-order valence-corrected chi connectivity index (χ1v) is 12.2. The lowest BCUT2D eigenvalue weighted by molar-refractivity contribution is -0.115. The first-order valence-electron chi connectivity index (χ1n) is 11.8. The van der Waals surface area contributed by atoms with E-state index in [0.717, 1.165) is 11.3 Å². The van der Waals surface area contributed by atoms with Crippen LogP contribution in [0.4, 0.5) is 14.5 Å². The van der Waals surface area contributed by atoms with Crippen molar-refractivity contribution in [3.8, 4) is 23.1 Å². The van der Waals surface area contributed by atoms with Crippen LogP contribution in [-0.4, -0.2) is 34.4 Å². The zero-order chi connectivity index (χ0) is 27.4. The summed E-state index contributed by atoms with van der Waals surface area (Å²) in [5.74, 6) is -0.812. The van der Waals surface area contributed by atoms with Crippen LogP contribution >= 0.6 is 12.2 Å². The monoisotopic (exact) mass is 539 g/mol. The molecule has 198 valence electrons. The molecule has 3 aromatic carbocycles. The molecule has 0 bridgehead atoms. The highest BCUT2D eigenvalue weighted by atomic mass is 32.1. The number of amides is 1. The maximum absolute atomic E-state index is 14.6. The van der Waals surface area contributed by atoms with Crippen molar-refractivity contribution in [1.29, 1.82) is 0 Å². The number of ether oxygens (including phenoxy) is 2. The second-order valence-electron chi connectivity index (χ2n) is 8.64. The zero-order valence-corrected chi connectivity index (χ0v) is 21.9. The van der Waals surface area contributed by atoms with Crippen LogP contribution in [0.3, 0.4) is 0 Å². The van der Waals surface area contributed by atoms with Gasteiger partial charge in [-0.25, -0.2) is 8.78 Å². The molecule has 0 aliphatic rings. The number of aryl methyl sites for hydroxylation is 2. The molecule has 0 spiro atoms. The molecule has 7 nitrogen and oxygen atoms in total. The minimum absolute atomic E-state index is 0.0247. The summed E-state index contributed by atoms with van der Waals surface area (Å²) in [4.78, 5) is 13.1. The average molecular weight is 540 g/mol. The van der Waals surface area contributed by atoms with Gasteiger partial charge in [0.1, 0.15) is 17.3 Å². The number of aromatic nitrogens is 2. The van der Waals surface area contributed by atoms with Gasteiger partial charge < -0.3 is 24.5 Å². The second-order valence-corrected chi connectivity index (χ2v) is 9.01. The van der Waals surface area contributed by atoms with Crippen LogP contribution in [-0.2, 0) is 24.2 Å². The summed E-state index contributed by atoms with van der Waals surface area (Å²) < 4.78 is 41.7. The number of halogens is 2. The van der Waals surface area contributed by atoms with Gasteiger partial charge in [-0.15, -0.1) is 0 Å². The molecule has 1 heterocycles. The Morgan fingerprint density at radius 2 is 1.66 bits per heavy atom. The molecule has 10 heteroatoms. The molecule has 2 N–H and O–H groups in total. The molecule has 0 saturated carbocycles. The van der Waals surface area contributed by atoms with Gasteiger partial charge in [-0.2, -0.15) is 0 Å². The fourth-order valence-corrected chi connectivity index (χ4v) is 4.56. The van der Waals surface area contributed by atoms with Crippen molar-refractivity contribution in [3.05, 3.63) is 93.9 Å². The lowest BCUT2D eigenvalue weighted by Gasteiger charge is -2.13. The molecule has 0 radical (unpaired) electrons. The van der Waals surface area contributed by atoms with E-state index in [0.29, 0.717) is 30.0 Å². The maximum Gasteiger partial charge on any atom is 0.230 e. The average Bonchev–Trinajstić information content (AvgIpc) is 3.13. The number of nitrogens with zero attached hydrogens (tertiary/aromatic N) is 2. The van der Waals surface area contributed by atoms with Crippen LogP contribution in [0.1, 0.15) is 16.8 Å². The van der Waals surface area contributed by atoms with E-state index >= 15 is 0 Å². The molecular weight excluding hydrogens is 512 g/mol. The van der Waals surface area contributed by atoms with Crippen molar-refractivity contribution in [2.24, 2.45) is 0 Å².